The van der Waals surface area contributed by atoms with Crippen molar-refractivity contribution in [3.63, 3.8) is 0 Å². The summed E-state index contributed by atoms with van der Waals surface area (Å²) in [5.74, 6) is -0.343. The summed E-state index contributed by atoms with van der Waals surface area (Å²) in [6.07, 6.45) is -22.4. The lowest BCUT2D eigenvalue weighted by atomic mass is 9.89. The van der Waals surface area contributed by atoms with E-state index in [0.29, 0.717) is 13.1 Å². The van der Waals surface area contributed by atoms with Crippen LogP contribution >= 0.6 is 0 Å². The highest BCUT2D eigenvalue weighted by molar-refractivity contribution is 5.78. The number of pyridine rings is 1. The first-order chi connectivity index (χ1) is 26.3. The Morgan fingerprint density at radius 1 is 0.709 bits per heavy atom. The van der Waals surface area contributed by atoms with Gasteiger partial charge in [-0.05, 0) is 23.6 Å². The van der Waals surface area contributed by atoms with Crippen LogP contribution in [0.2, 0.25) is 0 Å². The number of aromatic nitrogens is 1. The standard InChI is InChI=1S/C36H54N2O17/c1-16(2)32-30(47)33(55-36-29(46)28(45)25(42)21(13-40)53-36)27(44)23(51-32)15-49-35-31(48)34(26(43)22(14-41)52-35)54-24-11-38(10-19(12-39)50-24)9-17-7-18-5-3-4-6-20(18)37-8-17/h3-8,16,19,21-36,39-48H,9-15H2,1-2H3. The van der Waals surface area contributed by atoms with E-state index < -0.39 is 124 Å². The zero-order valence-electron chi connectivity index (χ0n) is 30.5. The Morgan fingerprint density at radius 3 is 2.09 bits per heavy atom. The lowest BCUT2D eigenvalue weighted by Crippen LogP contribution is -2.65. The molecule has 6 rings (SSSR count). The third-order valence-electron chi connectivity index (χ3n) is 10.5. The average molecular weight is 787 g/mol. The highest BCUT2D eigenvalue weighted by atomic mass is 16.7. The van der Waals surface area contributed by atoms with Crippen molar-refractivity contribution in [1.29, 1.82) is 0 Å². The summed E-state index contributed by atoms with van der Waals surface area (Å²) in [5.41, 5.74) is 1.76. The maximum absolute atomic E-state index is 11.4. The van der Waals surface area contributed by atoms with E-state index in [1.165, 1.54) is 0 Å². The molecule has 4 saturated heterocycles. The van der Waals surface area contributed by atoms with Gasteiger partial charge >= 0.3 is 0 Å². The fraction of sp³-hybridized carbons (Fsp3) is 0.750. The molecule has 1 aromatic heterocycles. The minimum atomic E-state index is -1.81. The third-order valence-corrected chi connectivity index (χ3v) is 10.5. The Morgan fingerprint density at radius 2 is 1.38 bits per heavy atom. The Hall–Kier alpha value is -2.09. The highest BCUT2D eigenvalue weighted by Crippen LogP contribution is 2.33. The van der Waals surface area contributed by atoms with E-state index in [9.17, 15) is 51.1 Å². The van der Waals surface area contributed by atoms with Gasteiger partial charge in [-0.3, -0.25) is 9.88 Å². The number of nitrogens with zero attached hydrogens (tertiary/aromatic N) is 2. The molecule has 310 valence electrons. The molecule has 5 heterocycles. The molecule has 0 amide bonds. The first-order valence-electron chi connectivity index (χ1n) is 18.5. The van der Waals surface area contributed by atoms with Crippen molar-refractivity contribution in [3.05, 3.63) is 42.1 Å². The van der Waals surface area contributed by atoms with Crippen molar-refractivity contribution in [2.24, 2.45) is 5.92 Å². The molecule has 17 atom stereocenters. The van der Waals surface area contributed by atoms with E-state index in [2.05, 4.69) is 4.98 Å². The largest absolute Gasteiger partial charge is 0.394 e. The van der Waals surface area contributed by atoms with Gasteiger partial charge in [0.15, 0.2) is 18.9 Å². The molecule has 2 aromatic rings. The maximum Gasteiger partial charge on any atom is 0.187 e. The third kappa shape index (κ3) is 9.46. The zero-order chi connectivity index (χ0) is 39.6. The van der Waals surface area contributed by atoms with Gasteiger partial charge in [0.2, 0.25) is 0 Å². The molecule has 55 heavy (non-hydrogen) atoms. The van der Waals surface area contributed by atoms with E-state index in [1.54, 1.807) is 20.0 Å². The topological polar surface area (TPSA) is 283 Å². The van der Waals surface area contributed by atoms with Gasteiger partial charge in [-0.2, -0.15) is 0 Å². The summed E-state index contributed by atoms with van der Waals surface area (Å²) < 4.78 is 40.9. The molecule has 4 fully saturated rings. The first-order valence-corrected chi connectivity index (χ1v) is 18.5. The van der Waals surface area contributed by atoms with Crippen LogP contribution in [0.4, 0.5) is 0 Å². The summed E-state index contributed by atoms with van der Waals surface area (Å²) in [4.78, 5) is 6.51. The second-order valence-corrected chi connectivity index (χ2v) is 14.9. The Labute approximate surface area is 317 Å². The molecule has 1 aromatic carbocycles. The number of hydrogen-bond acceptors (Lipinski definition) is 19. The Kier molecular flexibility index (Phi) is 14.4. The van der Waals surface area contributed by atoms with Gasteiger partial charge in [0.05, 0.1) is 44.2 Å². The van der Waals surface area contributed by atoms with Gasteiger partial charge < -0.3 is 84.2 Å². The number of aliphatic hydroxyl groups is 10. The molecule has 10 N–H and O–H groups in total. The van der Waals surface area contributed by atoms with E-state index >= 15 is 0 Å². The van der Waals surface area contributed by atoms with Crippen molar-refractivity contribution in [2.75, 3.05) is 39.5 Å². The molecule has 0 bridgehead atoms. The number of hydrogen-bond donors (Lipinski definition) is 10. The van der Waals surface area contributed by atoms with Crippen molar-refractivity contribution in [3.8, 4) is 0 Å². The van der Waals surface area contributed by atoms with Crippen molar-refractivity contribution in [1.82, 2.24) is 9.88 Å². The number of aliphatic hydroxyl groups excluding tert-OH is 10. The molecule has 0 spiro atoms. The number of rotatable bonds is 13. The minimum Gasteiger partial charge on any atom is -0.394 e. The van der Waals surface area contributed by atoms with Crippen LogP contribution in [0.15, 0.2) is 36.5 Å². The van der Waals surface area contributed by atoms with Crippen LogP contribution in [-0.4, -0.2) is 205 Å². The SMILES string of the molecule is CC(C)C1OC(COC2OC(CO)C(O)C(OC3CN(Cc4cnc5ccccc5c4)CC(CO)O3)C2O)C(O)C(OC2OC(CO)C(O)C(O)C2O)C1O. The van der Waals surface area contributed by atoms with Gasteiger partial charge in [0.1, 0.15) is 73.2 Å². The molecule has 17 unspecified atom stereocenters. The maximum atomic E-state index is 11.4. The molecule has 19 heteroatoms. The van der Waals surface area contributed by atoms with Crippen molar-refractivity contribution < 1.29 is 84.2 Å². The molecule has 0 radical (unpaired) electrons. The number of para-hydroxylation sites is 1. The highest BCUT2D eigenvalue weighted by Gasteiger charge is 2.52. The van der Waals surface area contributed by atoms with Crippen LogP contribution < -0.4 is 0 Å². The number of morpholine rings is 1. The van der Waals surface area contributed by atoms with Gasteiger partial charge in [-0.1, -0.05) is 32.0 Å². The summed E-state index contributed by atoms with van der Waals surface area (Å²) in [7, 11) is 0. The summed E-state index contributed by atoms with van der Waals surface area (Å²) in [6, 6.07) is 9.72. The monoisotopic (exact) mass is 786 g/mol. The van der Waals surface area contributed by atoms with Crippen LogP contribution in [-0.2, 0) is 39.7 Å². The average Bonchev–Trinajstić information content (AvgIpc) is 3.18. The molecule has 0 aliphatic carbocycles. The molecule has 4 aliphatic heterocycles. The summed E-state index contributed by atoms with van der Waals surface area (Å²) >= 11 is 0. The lowest BCUT2D eigenvalue weighted by Gasteiger charge is -2.48. The summed E-state index contributed by atoms with van der Waals surface area (Å²) in [5, 5.41) is 107. The second-order valence-electron chi connectivity index (χ2n) is 14.9. The molecular weight excluding hydrogens is 732 g/mol. The summed E-state index contributed by atoms with van der Waals surface area (Å²) in [6.45, 7) is 2.27. The van der Waals surface area contributed by atoms with E-state index in [4.69, 9.17) is 33.2 Å². The van der Waals surface area contributed by atoms with Crippen LogP contribution in [0.25, 0.3) is 10.9 Å². The van der Waals surface area contributed by atoms with Crippen LogP contribution in [0, 0.1) is 5.92 Å². The predicted octanol–water partition coefficient (Wildman–Crippen LogP) is -4.07. The van der Waals surface area contributed by atoms with E-state index in [-0.39, 0.29) is 19.1 Å². The van der Waals surface area contributed by atoms with Crippen LogP contribution in [0.3, 0.4) is 0 Å². The smallest absolute Gasteiger partial charge is 0.187 e. The fourth-order valence-corrected chi connectivity index (χ4v) is 7.51. The van der Waals surface area contributed by atoms with Crippen LogP contribution in [0.1, 0.15) is 19.4 Å². The van der Waals surface area contributed by atoms with E-state index in [1.807, 2.05) is 35.2 Å². The second kappa shape index (κ2) is 18.7. The van der Waals surface area contributed by atoms with Gasteiger partial charge in [0.25, 0.3) is 0 Å². The molecule has 4 aliphatic rings. The van der Waals surface area contributed by atoms with Gasteiger partial charge in [-0.15, -0.1) is 0 Å². The Balaban J connectivity index is 1.12. The normalized spacial score (nSPS) is 41.9. The minimum absolute atomic E-state index is 0.187. The molecular formula is C36H54N2O17. The van der Waals surface area contributed by atoms with Crippen molar-refractivity contribution in [2.45, 2.75) is 125 Å². The quantitative estimate of drug-likeness (QED) is 0.0924. The fourth-order valence-electron chi connectivity index (χ4n) is 7.51. The zero-order valence-corrected chi connectivity index (χ0v) is 30.5. The van der Waals surface area contributed by atoms with Crippen molar-refractivity contribution >= 4 is 10.9 Å². The number of benzene rings is 1. The van der Waals surface area contributed by atoms with Gasteiger partial charge in [-0.25, -0.2) is 0 Å². The molecule has 19 nitrogen and oxygen atoms in total. The number of ether oxygens (including phenoxy) is 7. The Bertz CT molecular complexity index is 1510. The molecule has 0 saturated carbocycles. The predicted molar refractivity (Wildman–Crippen MR) is 186 cm³/mol. The first kappa shape index (κ1) is 42.5. The lowest BCUT2D eigenvalue weighted by molar-refractivity contribution is -0.354. The van der Waals surface area contributed by atoms with Gasteiger partial charge in [0, 0.05) is 31.2 Å². The van der Waals surface area contributed by atoms with Crippen LogP contribution in [0.5, 0.6) is 0 Å². The number of fused-ring (bicyclic) bond motifs is 1. The van der Waals surface area contributed by atoms with E-state index in [0.717, 1.165) is 16.5 Å².